The highest BCUT2D eigenvalue weighted by atomic mass is 16.3. The van der Waals surface area contributed by atoms with Crippen LogP contribution in [0, 0.1) is 17.8 Å². The summed E-state index contributed by atoms with van der Waals surface area (Å²) in [5.41, 5.74) is 0. The molecule has 5 nitrogen and oxygen atoms in total. The van der Waals surface area contributed by atoms with Crippen molar-refractivity contribution in [3.05, 3.63) is 0 Å². The van der Waals surface area contributed by atoms with Crippen LogP contribution in [0.3, 0.4) is 0 Å². The average molecular weight is 338 g/mol. The largest absolute Gasteiger partial charge is 0.396 e. The van der Waals surface area contributed by atoms with Crippen LogP contribution in [0.1, 0.15) is 71.6 Å². The first kappa shape index (κ1) is 19.2. The summed E-state index contributed by atoms with van der Waals surface area (Å²) in [7, 11) is 0. The van der Waals surface area contributed by atoms with E-state index in [9.17, 15) is 9.59 Å². The SMILES string of the molecule is CC(C)C(CCO)NC(=O)C1CCC(NC(=O)C2CCCC2)CC1. The molecule has 0 radical (unpaired) electrons. The van der Waals surface area contributed by atoms with Gasteiger partial charge in [0.15, 0.2) is 0 Å². The summed E-state index contributed by atoms with van der Waals surface area (Å²) in [6.07, 6.45) is 8.49. The molecule has 0 aromatic rings. The number of carbonyl (C=O) groups is 2. The van der Waals surface area contributed by atoms with Crippen LogP contribution >= 0.6 is 0 Å². The number of nitrogens with one attached hydrogen (secondary N) is 2. The van der Waals surface area contributed by atoms with E-state index in [-0.39, 0.29) is 42.3 Å². The smallest absolute Gasteiger partial charge is 0.223 e. The minimum Gasteiger partial charge on any atom is -0.396 e. The molecule has 1 atom stereocenters. The zero-order valence-corrected chi connectivity index (χ0v) is 15.2. The van der Waals surface area contributed by atoms with Gasteiger partial charge in [-0.05, 0) is 50.9 Å². The van der Waals surface area contributed by atoms with E-state index in [1.165, 1.54) is 12.8 Å². The first-order valence-corrected chi connectivity index (χ1v) is 9.72. The highest BCUT2D eigenvalue weighted by Crippen LogP contribution is 2.28. The molecule has 0 spiro atoms. The molecule has 2 aliphatic carbocycles. The summed E-state index contributed by atoms with van der Waals surface area (Å²) in [4.78, 5) is 24.7. The summed E-state index contributed by atoms with van der Waals surface area (Å²) in [6, 6.07) is 0.280. The molecule has 5 heteroatoms. The third kappa shape index (κ3) is 5.47. The van der Waals surface area contributed by atoms with E-state index in [1.807, 2.05) is 0 Å². The van der Waals surface area contributed by atoms with E-state index in [4.69, 9.17) is 5.11 Å². The van der Waals surface area contributed by atoms with Gasteiger partial charge in [0.2, 0.25) is 11.8 Å². The first-order valence-electron chi connectivity index (χ1n) is 9.72. The van der Waals surface area contributed by atoms with Gasteiger partial charge < -0.3 is 15.7 Å². The van der Waals surface area contributed by atoms with E-state index in [1.54, 1.807) is 0 Å². The summed E-state index contributed by atoms with van der Waals surface area (Å²) in [6.45, 7) is 4.23. The highest BCUT2D eigenvalue weighted by Gasteiger charge is 2.30. The van der Waals surface area contributed by atoms with Crippen LogP contribution in [0.2, 0.25) is 0 Å². The molecule has 2 aliphatic rings. The molecular weight excluding hydrogens is 304 g/mol. The fourth-order valence-electron chi connectivity index (χ4n) is 4.02. The standard InChI is InChI=1S/C19H34N2O3/c1-13(2)17(11-12-22)21-19(24)15-7-9-16(10-8-15)20-18(23)14-5-3-4-6-14/h13-17,22H,3-12H2,1-2H3,(H,20,23)(H,21,24). The summed E-state index contributed by atoms with van der Waals surface area (Å²) < 4.78 is 0. The van der Waals surface area contributed by atoms with Crippen LogP contribution in [-0.2, 0) is 9.59 Å². The Morgan fingerprint density at radius 2 is 1.54 bits per heavy atom. The number of carbonyl (C=O) groups excluding carboxylic acids is 2. The van der Waals surface area contributed by atoms with Gasteiger partial charge in [0, 0.05) is 30.5 Å². The van der Waals surface area contributed by atoms with Crippen molar-refractivity contribution < 1.29 is 14.7 Å². The Morgan fingerprint density at radius 1 is 0.958 bits per heavy atom. The maximum absolute atomic E-state index is 12.4. The molecule has 0 saturated heterocycles. The molecular formula is C19H34N2O3. The zero-order chi connectivity index (χ0) is 17.5. The second-order valence-corrected chi connectivity index (χ2v) is 7.91. The molecule has 0 heterocycles. The van der Waals surface area contributed by atoms with Crippen molar-refractivity contribution in [2.75, 3.05) is 6.61 Å². The third-order valence-electron chi connectivity index (χ3n) is 5.74. The van der Waals surface area contributed by atoms with Crippen molar-refractivity contribution in [2.24, 2.45) is 17.8 Å². The molecule has 0 aliphatic heterocycles. The van der Waals surface area contributed by atoms with Crippen molar-refractivity contribution in [1.29, 1.82) is 0 Å². The lowest BCUT2D eigenvalue weighted by Crippen LogP contribution is -2.45. The van der Waals surface area contributed by atoms with E-state index in [0.29, 0.717) is 12.3 Å². The third-order valence-corrected chi connectivity index (χ3v) is 5.74. The zero-order valence-electron chi connectivity index (χ0n) is 15.2. The van der Waals surface area contributed by atoms with E-state index in [0.717, 1.165) is 38.5 Å². The number of hydrogen-bond acceptors (Lipinski definition) is 3. The lowest BCUT2D eigenvalue weighted by molar-refractivity contribution is -0.127. The second kappa shape index (κ2) is 9.40. The van der Waals surface area contributed by atoms with Gasteiger partial charge in [-0.3, -0.25) is 9.59 Å². The van der Waals surface area contributed by atoms with Crippen molar-refractivity contribution in [3.8, 4) is 0 Å². The predicted molar refractivity (Wildman–Crippen MR) is 94.3 cm³/mol. The van der Waals surface area contributed by atoms with Gasteiger partial charge in [0.25, 0.3) is 0 Å². The fraction of sp³-hybridized carbons (Fsp3) is 0.895. The number of rotatable bonds is 7. The lowest BCUT2D eigenvalue weighted by atomic mass is 9.84. The minimum absolute atomic E-state index is 0.0438. The Labute approximate surface area is 146 Å². The van der Waals surface area contributed by atoms with Crippen LogP contribution in [0.25, 0.3) is 0 Å². The van der Waals surface area contributed by atoms with Crippen LogP contribution in [0.4, 0.5) is 0 Å². The minimum atomic E-state index is 0.0438. The second-order valence-electron chi connectivity index (χ2n) is 7.91. The molecule has 2 saturated carbocycles. The summed E-state index contributed by atoms with van der Waals surface area (Å²) in [5, 5.41) is 15.4. The molecule has 0 aromatic heterocycles. The molecule has 0 bridgehead atoms. The Kier molecular flexibility index (Phi) is 7.53. The van der Waals surface area contributed by atoms with Gasteiger partial charge >= 0.3 is 0 Å². The van der Waals surface area contributed by atoms with Crippen LogP contribution in [-0.4, -0.2) is 35.6 Å². The molecule has 2 fully saturated rings. The predicted octanol–water partition coefficient (Wildman–Crippen LogP) is 2.37. The van der Waals surface area contributed by atoms with Gasteiger partial charge in [-0.2, -0.15) is 0 Å². The fourth-order valence-corrected chi connectivity index (χ4v) is 4.02. The van der Waals surface area contributed by atoms with E-state index < -0.39 is 0 Å². The molecule has 2 amide bonds. The molecule has 1 unspecified atom stereocenters. The average Bonchev–Trinajstić information content (AvgIpc) is 3.09. The van der Waals surface area contributed by atoms with Crippen molar-refractivity contribution in [3.63, 3.8) is 0 Å². The Bertz CT molecular complexity index is 411. The number of aliphatic hydroxyl groups is 1. The maximum Gasteiger partial charge on any atom is 0.223 e. The van der Waals surface area contributed by atoms with Gasteiger partial charge in [-0.1, -0.05) is 26.7 Å². The molecule has 24 heavy (non-hydrogen) atoms. The maximum atomic E-state index is 12.4. The summed E-state index contributed by atoms with van der Waals surface area (Å²) in [5.74, 6) is 0.926. The van der Waals surface area contributed by atoms with Crippen molar-refractivity contribution in [2.45, 2.75) is 83.7 Å². The highest BCUT2D eigenvalue weighted by molar-refractivity contribution is 5.80. The van der Waals surface area contributed by atoms with Crippen LogP contribution in [0.5, 0.6) is 0 Å². The van der Waals surface area contributed by atoms with Crippen molar-refractivity contribution in [1.82, 2.24) is 10.6 Å². The molecule has 2 rings (SSSR count). The van der Waals surface area contributed by atoms with Gasteiger partial charge in [0.05, 0.1) is 0 Å². The Balaban J connectivity index is 1.73. The Morgan fingerprint density at radius 3 is 2.08 bits per heavy atom. The Hall–Kier alpha value is -1.10. The van der Waals surface area contributed by atoms with Crippen LogP contribution < -0.4 is 10.6 Å². The summed E-state index contributed by atoms with van der Waals surface area (Å²) >= 11 is 0. The quantitative estimate of drug-likeness (QED) is 0.667. The monoisotopic (exact) mass is 338 g/mol. The number of hydrogen-bond donors (Lipinski definition) is 3. The van der Waals surface area contributed by atoms with E-state index >= 15 is 0 Å². The number of amides is 2. The van der Waals surface area contributed by atoms with E-state index in [2.05, 4.69) is 24.5 Å². The normalized spacial score (nSPS) is 26.3. The molecule has 0 aromatic carbocycles. The van der Waals surface area contributed by atoms with Crippen molar-refractivity contribution >= 4 is 11.8 Å². The van der Waals surface area contributed by atoms with Crippen LogP contribution in [0.15, 0.2) is 0 Å². The number of aliphatic hydroxyl groups excluding tert-OH is 1. The molecule has 3 N–H and O–H groups in total. The first-order chi connectivity index (χ1) is 11.5. The van der Waals surface area contributed by atoms with Gasteiger partial charge in [-0.15, -0.1) is 0 Å². The topological polar surface area (TPSA) is 78.4 Å². The van der Waals surface area contributed by atoms with Gasteiger partial charge in [0.1, 0.15) is 0 Å². The lowest BCUT2D eigenvalue weighted by Gasteiger charge is -2.31. The molecule has 138 valence electrons. The van der Waals surface area contributed by atoms with Gasteiger partial charge in [-0.25, -0.2) is 0 Å².